The van der Waals surface area contributed by atoms with Gasteiger partial charge in [-0.2, -0.15) is 0 Å². The van der Waals surface area contributed by atoms with Gasteiger partial charge in [-0.25, -0.2) is 0 Å². The average Bonchev–Trinajstić information content (AvgIpc) is 2.18. The van der Waals surface area contributed by atoms with Crippen molar-refractivity contribution in [2.75, 3.05) is 19.7 Å². The van der Waals surface area contributed by atoms with Crippen LogP contribution in [0.4, 0.5) is 0 Å². The molecule has 1 aromatic rings. The van der Waals surface area contributed by atoms with E-state index in [-0.39, 0.29) is 12.0 Å². The van der Waals surface area contributed by atoms with Gasteiger partial charge in [-0.3, -0.25) is 0 Å². The molecule has 0 unspecified atom stereocenters. The third kappa shape index (κ3) is 3.93. The molecule has 0 amide bonds. The molecule has 2 nitrogen and oxygen atoms in total. The van der Waals surface area contributed by atoms with Gasteiger partial charge in [0.1, 0.15) is 0 Å². The Balaban J connectivity index is 2.67. The number of benzene rings is 1. The lowest BCUT2D eigenvalue weighted by Crippen LogP contribution is -2.34. The SMILES string of the molecule is CC(C)(CNCCO)c1cccc(Br)c1. The second-order valence-corrected chi connectivity index (χ2v) is 5.21. The Hall–Kier alpha value is -0.380. The molecule has 1 aromatic carbocycles. The normalized spacial score (nSPS) is 11.7. The van der Waals surface area contributed by atoms with Gasteiger partial charge in [0, 0.05) is 23.0 Å². The Labute approximate surface area is 99.8 Å². The first-order valence-electron chi connectivity index (χ1n) is 5.14. The molecular weight excluding hydrogens is 254 g/mol. The van der Waals surface area contributed by atoms with E-state index in [1.807, 2.05) is 12.1 Å². The number of nitrogens with one attached hydrogen (secondary N) is 1. The first-order valence-corrected chi connectivity index (χ1v) is 5.93. The first kappa shape index (κ1) is 12.7. The van der Waals surface area contributed by atoms with E-state index >= 15 is 0 Å². The van der Waals surface area contributed by atoms with E-state index in [9.17, 15) is 0 Å². The Morgan fingerprint density at radius 2 is 2.13 bits per heavy atom. The molecule has 0 fully saturated rings. The summed E-state index contributed by atoms with van der Waals surface area (Å²) in [5.74, 6) is 0. The maximum absolute atomic E-state index is 8.71. The molecule has 0 heterocycles. The minimum Gasteiger partial charge on any atom is -0.395 e. The molecule has 84 valence electrons. The maximum Gasteiger partial charge on any atom is 0.0555 e. The monoisotopic (exact) mass is 271 g/mol. The second-order valence-electron chi connectivity index (χ2n) is 4.29. The van der Waals surface area contributed by atoms with Crippen LogP contribution in [0.2, 0.25) is 0 Å². The summed E-state index contributed by atoms with van der Waals surface area (Å²) in [6.07, 6.45) is 0. The fourth-order valence-electron chi connectivity index (χ4n) is 1.49. The number of halogens is 1. The van der Waals surface area contributed by atoms with Crippen LogP contribution in [0.25, 0.3) is 0 Å². The summed E-state index contributed by atoms with van der Waals surface area (Å²) in [5.41, 5.74) is 1.38. The smallest absolute Gasteiger partial charge is 0.0555 e. The molecule has 0 spiro atoms. The molecule has 0 aliphatic heterocycles. The van der Waals surface area contributed by atoms with Gasteiger partial charge < -0.3 is 10.4 Å². The summed E-state index contributed by atoms with van der Waals surface area (Å²) in [5, 5.41) is 11.9. The number of aliphatic hydroxyl groups excluding tert-OH is 1. The van der Waals surface area contributed by atoms with E-state index < -0.39 is 0 Å². The van der Waals surface area contributed by atoms with Crippen LogP contribution in [-0.4, -0.2) is 24.8 Å². The zero-order valence-electron chi connectivity index (χ0n) is 9.26. The van der Waals surface area contributed by atoms with Crippen LogP contribution in [0.3, 0.4) is 0 Å². The van der Waals surface area contributed by atoms with E-state index in [1.165, 1.54) is 5.56 Å². The van der Waals surface area contributed by atoms with Gasteiger partial charge in [0.05, 0.1) is 6.61 Å². The molecule has 0 atom stereocenters. The van der Waals surface area contributed by atoms with Crippen LogP contribution < -0.4 is 5.32 Å². The quantitative estimate of drug-likeness (QED) is 0.806. The van der Waals surface area contributed by atoms with Gasteiger partial charge in [-0.05, 0) is 17.7 Å². The zero-order valence-corrected chi connectivity index (χ0v) is 10.8. The highest BCUT2D eigenvalue weighted by Gasteiger charge is 2.19. The Kier molecular flexibility index (Phi) is 4.77. The summed E-state index contributed by atoms with van der Waals surface area (Å²) in [6.45, 7) is 6.09. The average molecular weight is 272 g/mol. The lowest BCUT2D eigenvalue weighted by Gasteiger charge is -2.25. The molecular formula is C12H18BrNO. The highest BCUT2D eigenvalue weighted by molar-refractivity contribution is 9.10. The summed E-state index contributed by atoms with van der Waals surface area (Å²) in [7, 11) is 0. The van der Waals surface area contributed by atoms with Crippen LogP contribution in [-0.2, 0) is 5.41 Å². The van der Waals surface area contributed by atoms with E-state index in [0.717, 1.165) is 11.0 Å². The van der Waals surface area contributed by atoms with Crippen LogP contribution in [0.15, 0.2) is 28.7 Å². The third-order valence-electron chi connectivity index (χ3n) is 2.46. The van der Waals surface area contributed by atoms with E-state index in [0.29, 0.717) is 6.54 Å². The summed E-state index contributed by atoms with van der Waals surface area (Å²) >= 11 is 3.48. The molecule has 0 radical (unpaired) electrons. The molecule has 1 rings (SSSR count). The molecule has 0 bridgehead atoms. The van der Waals surface area contributed by atoms with Crippen molar-refractivity contribution in [2.24, 2.45) is 0 Å². The van der Waals surface area contributed by atoms with Crippen molar-refractivity contribution in [2.45, 2.75) is 19.3 Å². The van der Waals surface area contributed by atoms with E-state index in [2.05, 4.69) is 47.2 Å². The number of aliphatic hydroxyl groups is 1. The lowest BCUT2D eigenvalue weighted by molar-refractivity contribution is 0.286. The highest BCUT2D eigenvalue weighted by Crippen LogP contribution is 2.24. The standard InChI is InChI=1S/C12H18BrNO/c1-12(2,9-14-6-7-15)10-4-3-5-11(13)8-10/h3-5,8,14-15H,6-7,9H2,1-2H3. The van der Waals surface area contributed by atoms with Crippen molar-refractivity contribution in [3.8, 4) is 0 Å². The van der Waals surface area contributed by atoms with Crippen LogP contribution in [0.1, 0.15) is 19.4 Å². The lowest BCUT2D eigenvalue weighted by atomic mass is 9.85. The zero-order chi connectivity index (χ0) is 11.3. The molecule has 0 saturated heterocycles. The van der Waals surface area contributed by atoms with Crippen molar-refractivity contribution in [3.05, 3.63) is 34.3 Å². The van der Waals surface area contributed by atoms with Gasteiger partial charge in [-0.15, -0.1) is 0 Å². The topological polar surface area (TPSA) is 32.3 Å². The molecule has 0 aliphatic rings. The van der Waals surface area contributed by atoms with E-state index in [1.54, 1.807) is 0 Å². The molecule has 2 N–H and O–H groups in total. The van der Waals surface area contributed by atoms with Crippen molar-refractivity contribution < 1.29 is 5.11 Å². The number of rotatable bonds is 5. The molecule has 15 heavy (non-hydrogen) atoms. The van der Waals surface area contributed by atoms with Crippen molar-refractivity contribution in [1.29, 1.82) is 0 Å². The predicted molar refractivity (Wildman–Crippen MR) is 67.1 cm³/mol. The molecule has 3 heteroatoms. The molecule has 0 aliphatic carbocycles. The fourth-order valence-corrected chi connectivity index (χ4v) is 1.89. The fraction of sp³-hybridized carbons (Fsp3) is 0.500. The minimum absolute atomic E-state index is 0.0823. The summed E-state index contributed by atoms with van der Waals surface area (Å²) in [6, 6.07) is 8.35. The van der Waals surface area contributed by atoms with Gasteiger partial charge >= 0.3 is 0 Å². The van der Waals surface area contributed by atoms with Gasteiger partial charge in [0.15, 0.2) is 0 Å². The number of hydrogen-bond acceptors (Lipinski definition) is 2. The van der Waals surface area contributed by atoms with E-state index in [4.69, 9.17) is 5.11 Å². The highest BCUT2D eigenvalue weighted by atomic mass is 79.9. The van der Waals surface area contributed by atoms with Crippen molar-refractivity contribution in [3.63, 3.8) is 0 Å². The van der Waals surface area contributed by atoms with Crippen LogP contribution in [0.5, 0.6) is 0 Å². The Bertz CT molecular complexity index is 312. The van der Waals surface area contributed by atoms with Gasteiger partial charge in [-0.1, -0.05) is 41.9 Å². The van der Waals surface area contributed by atoms with Gasteiger partial charge in [0.2, 0.25) is 0 Å². The third-order valence-corrected chi connectivity index (χ3v) is 2.95. The molecule has 0 saturated carbocycles. The maximum atomic E-state index is 8.71. The van der Waals surface area contributed by atoms with Crippen molar-refractivity contribution in [1.82, 2.24) is 5.32 Å². The predicted octanol–water partition coefficient (Wildman–Crippen LogP) is 2.31. The largest absolute Gasteiger partial charge is 0.395 e. The Morgan fingerprint density at radius 1 is 1.40 bits per heavy atom. The number of hydrogen-bond donors (Lipinski definition) is 2. The van der Waals surface area contributed by atoms with Crippen molar-refractivity contribution >= 4 is 15.9 Å². The summed E-state index contributed by atoms with van der Waals surface area (Å²) < 4.78 is 1.11. The molecule has 0 aromatic heterocycles. The van der Waals surface area contributed by atoms with Crippen LogP contribution >= 0.6 is 15.9 Å². The van der Waals surface area contributed by atoms with Gasteiger partial charge in [0.25, 0.3) is 0 Å². The minimum atomic E-state index is 0.0823. The second kappa shape index (κ2) is 5.64. The Morgan fingerprint density at radius 3 is 2.73 bits per heavy atom. The first-order chi connectivity index (χ1) is 7.06. The van der Waals surface area contributed by atoms with Crippen LogP contribution in [0, 0.1) is 0 Å². The summed E-state index contributed by atoms with van der Waals surface area (Å²) in [4.78, 5) is 0.